The molecule has 3 rings (SSSR count). The van der Waals surface area contributed by atoms with Crippen molar-refractivity contribution in [1.82, 2.24) is 10.6 Å². The summed E-state index contributed by atoms with van der Waals surface area (Å²) in [6.07, 6.45) is 1.28. The molecule has 0 radical (unpaired) electrons. The van der Waals surface area contributed by atoms with Crippen molar-refractivity contribution < 1.29 is 4.79 Å². The van der Waals surface area contributed by atoms with Crippen molar-refractivity contribution in [3.63, 3.8) is 0 Å². The third-order valence-electron chi connectivity index (χ3n) is 4.34. The molecule has 4 N–H and O–H groups in total. The number of nitrogens with two attached hydrogens (primary N) is 1. The number of benzene rings is 1. The molecule has 1 saturated heterocycles. The molecule has 1 aromatic rings. The molecule has 3 atom stereocenters. The van der Waals surface area contributed by atoms with Gasteiger partial charge in [-0.05, 0) is 24.1 Å². The third kappa shape index (κ3) is 2.26. The summed E-state index contributed by atoms with van der Waals surface area (Å²) >= 11 is 0. The van der Waals surface area contributed by atoms with Gasteiger partial charge in [-0.3, -0.25) is 4.79 Å². The van der Waals surface area contributed by atoms with Crippen LogP contribution in [0.5, 0.6) is 0 Å². The van der Waals surface area contributed by atoms with Crippen LogP contribution in [-0.2, 0) is 4.79 Å². The van der Waals surface area contributed by atoms with Crippen LogP contribution in [0.2, 0.25) is 0 Å². The molecule has 4 heteroatoms. The molecular weight excluding hydrogens is 238 g/mol. The van der Waals surface area contributed by atoms with Gasteiger partial charge in [0.2, 0.25) is 5.91 Å². The highest BCUT2D eigenvalue weighted by Crippen LogP contribution is 2.46. The number of amides is 1. The van der Waals surface area contributed by atoms with E-state index in [1.807, 2.05) is 0 Å². The Balaban J connectivity index is 1.79. The maximum absolute atomic E-state index is 12.0. The summed E-state index contributed by atoms with van der Waals surface area (Å²) in [4.78, 5) is 12.0. The zero-order valence-corrected chi connectivity index (χ0v) is 11.1. The third-order valence-corrected chi connectivity index (χ3v) is 4.34. The largest absolute Gasteiger partial charge is 0.349 e. The molecule has 0 saturated carbocycles. The van der Waals surface area contributed by atoms with E-state index in [2.05, 4.69) is 34.9 Å². The second kappa shape index (κ2) is 5.31. The lowest BCUT2D eigenvalue weighted by Gasteiger charge is -2.20. The van der Waals surface area contributed by atoms with Gasteiger partial charge in [0.15, 0.2) is 0 Å². The Morgan fingerprint density at radius 1 is 1.32 bits per heavy atom. The van der Waals surface area contributed by atoms with Gasteiger partial charge >= 0.3 is 0 Å². The normalized spacial score (nSPS) is 27.9. The number of hydrogen-bond acceptors (Lipinski definition) is 3. The standard InChI is InChI=1S/C15H21N3O/c16-7-3-6-14(19)18-15-11-5-2-1-4-10(11)12-8-17-9-13(12)15/h1-2,4-5,12-13,15,17H,3,6-9,16H2,(H,18,19)/t12-,13-,15+/m0/s1. The Morgan fingerprint density at radius 3 is 2.89 bits per heavy atom. The minimum Gasteiger partial charge on any atom is -0.349 e. The second-order valence-corrected chi connectivity index (χ2v) is 5.49. The average Bonchev–Trinajstić information content (AvgIpc) is 3.00. The number of nitrogens with one attached hydrogen (secondary N) is 2. The first-order valence-corrected chi connectivity index (χ1v) is 7.10. The Bertz CT molecular complexity index is 474. The van der Waals surface area contributed by atoms with E-state index >= 15 is 0 Å². The van der Waals surface area contributed by atoms with Crippen LogP contribution in [0.15, 0.2) is 24.3 Å². The van der Waals surface area contributed by atoms with E-state index in [1.54, 1.807) is 0 Å². The minimum atomic E-state index is 0.123. The molecular formula is C15H21N3O. The van der Waals surface area contributed by atoms with Crippen LogP contribution in [0, 0.1) is 5.92 Å². The van der Waals surface area contributed by atoms with E-state index in [0.29, 0.717) is 24.8 Å². The Morgan fingerprint density at radius 2 is 2.11 bits per heavy atom. The van der Waals surface area contributed by atoms with Crippen molar-refractivity contribution in [3.05, 3.63) is 35.4 Å². The van der Waals surface area contributed by atoms with Crippen LogP contribution >= 0.6 is 0 Å². The van der Waals surface area contributed by atoms with E-state index in [0.717, 1.165) is 19.5 Å². The van der Waals surface area contributed by atoms with Crippen molar-refractivity contribution >= 4 is 5.91 Å². The number of carbonyl (C=O) groups excluding carboxylic acids is 1. The van der Waals surface area contributed by atoms with Crippen molar-refractivity contribution in [2.75, 3.05) is 19.6 Å². The monoisotopic (exact) mass is 259 g/mol. The lowest BCUT2D eigenvalue weighted by Crippen LogP contribution is -2.33. The molecule has 4 nitrogen and oxygen atoms in total. The van der Waals surface area contributed by atoms with Crippen molar-refractivity contribution in [2.24, 2.45) is 11.7 Å². The molecule has 1 aliphatic heterocycles. The highest BCUT2D eigenvalue weighted by atomic mass is 16.1. The van der Waals surface area contributed by atoms with Crippen LogP contribution < -0.4 is 16.4 Å². The minimum absolute atomic E-state index is 0.123. The Hall–Kier alpha value is -1.39. The first-order valence-electron chi connectivity index (χ1n) is 7.10. The van der Waals surface area contributed by atoms with Crippen LogP contribution in [0.1, 0.15) is 35.9 Å². The molecule has 1 aliphatic carbocycles. The predicted octanol–water partition coefficient (Wildman–Crippen LogP) is 0.899. The molecule has 1 aromatic carbocycles. The molecule has 1 heterocycles. The van der Waals surface area contributed by atoms with Gasteiger partial charge in [0, 0.05) is 31.3 Å². The lowest BCUT2D eigenvalue weighted by atomic mass is 9.94. The van der Waals surface area contributed by atoms with Gasteiger partial charge in [0.05, 0.1) is 6.04 Å². The predicted molar refractivity (Wildman–Crippen MR) is 74.7 cm³/mol. The molecule has 102 valence electrons. The quantitative estimate of drug-likeness (QED) is 0.752. The number of carbonyl (C=O) groups is 1. The van der Waals surface area contributed by atoms with E-state index < -0.39 is 0 Å². The summed E-state index contributed by atoms with van der Waals surface area (Å²) in [5, 5.41) is 6.65. The van der Waals surface area contributed by atoms with Gasteiger partial charge in [-0.25, -0.2) is 0 Å². The van der Waals surface area contributed by atoms with E-state index in [-0.39, 0.29) is 11.9 Å². The fourth-order valence-electron chi connectivity index (χ4n) is 3.45. The number of fused-ring (bicyclic) bond motifs is 3. The zero-order chi connectivity index (χ0) is 13.2. The van der Waals surface area contributed by atoms with Gasteiger partial charge in [-0.15, -0.1) is 0 Å². The molecule has 2 aliphatic rings. The molecule has 19 heavy (non-hydrogen) atoms. The average molecular weight is 259 g/mol. The van der Waals surface area contributed by atoms with E-state index in [4.69, 9.17) is 5.73 Å². The fraction of sp³-hybridized carbons (Fsp3) is 0.533. The molecule has 0 spiro atoms. The molecule has 0 aromatic heterocycles. The number of hydrogen-bond donors (Lipinski definition) is 3. The zero-order valence-electron chi connectivity index (χ0n) is 11.1. The van der Waals surface area contributed by atoms with Crippen LogP contribution in [-0.4, -0.2) is 25.5 Å². The van der Waals surface area contributed by atoms with E-state index in [9.17, 15) is 4.79 Å². The van der Waals surface area contributed by atoms with Gasteiger partial charge in [0.25, 0.3) is 0 Å². The summed E-state index contributed by atoms with van der Waals surface area (Å²) < 4.78 is 0. The van der Waals surface area contributed by atoms with Crippen LogP contribution in [0.4, 0.5) is 0 Å². The summed E-state index contributed by atoms with van der Waals surface area (Å²) in [6, 6.07) is 8.67. The maximum Gasteiger partial charge on any atom is 0.220 e. The first kappa shape index (κ1) is 12.6. The fourth-order valence-corrected chi connectivity index (χ4v) is 3.45. The van der Waals surface area contributed by atoms with E-state index in [1.165, 1.54) is 11.1 Å². The van der Waals surface area contributed by atoms with Gasteiger partial charge < -0.3 is 16.4 Å². The van der Waals surface area contributed by atoms with Gasteiger partial charge in [-0.1, -0.05) is 24.3 Å². The van der Waals surface area contributed by atoms with Crippen LogP contribution in [0.25, 0.3) is 0 Å². The summed E-state index contributed by atoms with van der Waals surface area (Å²) in [5.74, 6) is 1.17. The van der Waals surface area contributed by atoms with Crippen LogP contribution in [0.3, 0.4) is 0 Å². The lowest BCUT2D eigenvalue weighted by molar-refractivity contribution is -0.122. The highest BCUT2D eigenvalue weighted by Gasteiger charge is 2.43. The topological polar surface area (TPSA) is 67.2 Å². The van der Waals surface area contributed by atoms with Crippen molar-refractivity contribution in [3.8, 4) is 0 Å². The molecule has 0 bridgehead atoms. The number of rotatable bonds is 4. The van der Waals surface area contributed by atoms with Crippen molar-refractivity contribution in [2.45, 2.75) is 24.8 Å². The SMILES string of the molecule is NCCCC(=O)N[C@@H]1c2ccccc2[C@@H]2CNC[C@H]12. The Kier molecular flexibility index (Phi) is 3.53. The summed E-state index contributed by atoms with van der Waals surface area (Å²) in [7, 11) is 0. The maximum atomic E-state index is 12.0. The molecule has 1 fully saturated rings. The Labute approximate surface area is 113 Å². The van der Waals surface area contributed by atoms with Gasteiger partial charge in [0.1, 0.15) is 0 Å². The molecule has 1 amide bonds. The molecule has 0 unspecified atom stereocenters. The second-order valence-electron chi connectivity index (χ2n) is 5.49. The summed E-state index contributed by atoms with van der Waals surface area (Å²) in [5.41, 5.74) is 8.17. The smallest absolute Gasteiger partial charge is 0.220 e. The highest BCUT2D eigenvalue weighted by molar-refractivity contribution is 5.76. The van der Waals surface area contributed by atoms with Crippen molar-refractivity contribution in [1.29, 1.82) is 0 Å². The van der Waals surface area contributed by atoms with Gasteiger partial charge in [-0.2, -0.15) is 0 Å². The first-order chi connectivity index (χ1) is 9.31. The summed E-state index contributed by atoms with van der Waals surface area (Å²) in [6.45, 7) is 2.58.